The van der Waals surface area contributed by atoms with Gasteiger partial charge in [0.1, 0.15) is 11.2 Å². The first kappa shape index (κ1) is 26.7. The number of para-hydroxylation sites is 2. The Hall–Kier alpha value is -6.52. The average Bonchev–Trinajstić information content (AvgIpc) is 3.70. The summed E-state index contributed by atoms with van der Waals surface area (Å²) in [5.74, 6) is 0.722. The van der Waals surface area contributed by atoms with Gasteiger partial charge in [0.25, 0.3) is 0 Å². The predicted octanol–water partition coefficient (Wildman–Crippen LogP) is 11.6. The highest BCUT2D eigenvalue weighted by molar-refractivity contribution is 6.24. The van der Waals surface area contributed by atoms with E-state index in [1.54, 1.807) is 0 Å². The number of hydrogen-bond donors (Lipinski definition) is 0. The first-order valence-electron chi connectivity index (χ1n) is 16.2. The number of rotatable bonds is 4. The molecule has 0 saturated carbocycles. The largest absolute Gasteiger partial charge is 0.455 e. The van der Waals surface area contributed by atoms with Crippen LogP contribution in [0, 0.1) is 0 Å². The van der Waals surface area contributed by atoms with Gasteiger partial charge in [-0.25, -0.2) is 9.97 Å². The number of hydrogen-bond acceptors (Lipinski definition) is 3. The van der Waals surface area contributed by atoms with E-state index in [9.17, 15) is 0 Å². The molecule has 0 amide bonds. The van der Waals surface area contributed by atoms with Crippen LogP contribution >= 0.6 is 0 Å². The van der Waals surface area contributed by atoms with Gasteiger partial charge in [-0.2, -0.15) is 0 Å². The number of furan rings is 1. The van der Waals surface area contributed by atoms with Crippen molar-refractivity contribution in [2.75, 3.05) is 0 Å². The van der Waals surface area contributed by atoms with E-state index in [0.717, 1.165) is 94.1 Å². The molecule has 3 aromatic heterocycles. The quantitative estimate of drug-likeness (QED) is 0.198. The Morgan fingerprint density at radius 3 is 1.88 bits per heavy atom. The molecule has 0 bridgehead atoms. The number of nitrogens with zero attached hydrogens (tertiary/aromatic N) is 3. The van der Waals surface area contributed by atoms with Crippen LogP contribution in [-0.2, 0) is 0 Å². The first-order valence-corrected chi connectivity index (χ1v) is 16.2. The van der Waals surface area contributed by atoms with Gasteiger partial charge in [0, 0.05) is 38.4 Å². The third-order valence-corrected chi connectivity index (χ3v) is 9.40. The molecule has 3 heterocycles. The van der Waals surface area contributed by atoms with Crippen LogP contribution in [0.2, 0.25) is 0 Å². The number of benzene rings is 7. The summed E-state index contributed by atoms with van der Waals surface area (Å²) in [6.07, 6.45) is 0. The Bertz CT molecular complexity index is 2820. The molecule has 10 aromatic rings. The van der Waals surface area contributed by atoms with E-state index in [2.05, 4.69) is 132 Å². The summed E-state index contributed by atoms with van der Waals surface area (Å²) >= 11 is 0. The molecular formula is C44H27N3O. The van der Waals surface area contributed by atoms with Crippen molar-refractivity contribution in [2.45, 2.75) is 0 Å². The van der Waals surface area contributed by atoms with Crippen molar-refractivity contribution in [1.29, 1.82) is 0 Å². The zero-order valence-corrected chi connectivity index (χ0v) is 25.8. The smallest absolute Gasteiger partial charge is 0.160 e. The molecule has 4 nitrogen and oxygen atoms in total. The van der Waals surface area contributed by atoms with Crippen molar-refractivity contribution in [3.8, 4) is 39.5 Å². The van der Waals surface area contributed by atoms with E-state index in [0.29, 0.717) is 0 Å². The Kier molecular flexibility index (Phi) is 5.84. The van der Waals surface area contributed by atoms with Gasteiger partial charge in [0.15, 0.2) is 5.82 Å². The third-order valence-electron chi connectivity index (χ3n) is 9.40. The molecule has 0 radical (unpaired) electrons. The second-order valence-corrected chi connectivity index (χ2v) is 12.2. The van der Waals surface area contributed by atoms with Gasteiger partial charge in [-0.1, -0.05) is 109 Å². The molecule has 0 aliphatic rings. The van der Waals surface area contributed by atoms with Gasteiger partial charge in [-0.15, -0.1) is 0 Å². The van der Waals surface area contributed by atoms with Crippen LogP contribution in [0.1, 0.15) is 0 Å². The fourth-order valence-corrected chi connectivity index (χ4v) is 7.16. The van der Waals surface area contributed by atoms with Crippen LogP contribution in [0.25, 0.3) is 94.1 Å². The lowest BCUT2D eigenvalue weighted by molar-refractivity contribution is 0.673. The van der Waals surface area contributed by atoms with Crippen LogP contribution in [0.4, 0.5) is 0 Å². The Balaban J connectivity index is 1.23. The fourth-order valence-electron chi connectivity index (χ4n) is 7.16. The van der Waals surface area contributed by atoms with Crippen LogP contribution in [0.15, 0.2) is 168 Å². The SMILES string of the molecule is c1ccc(-c2nc(-c3ccccc3)c3cc(-c4ccc5c(c4)c4c6oc7ccccc7c6ccc4n5-c4ccccc4)ccc3n2)cc1. The molecule has 0 fully saturated rings. The van der Waals surface area contributed by atoms with Crippen molar-refractivity contribution >= 4 is 54.6 Å². The Morgan fingerprint density at radius 1 is 0.438 bits per heavy atom. The Labute approximate surface area is 276 Å². The summed E-state index contributed by atoms with van der Waals surface area (Å²) in [4.78, 5) is 10.2. The van der Waals surface area contributed by atoms with Crippen LogP contribution in [-0.4, -0.2) is 14.5 Å². The van der Waals surface area contributed by atoms with E-state index in [4.69, 9.17) is 14.4 Å². The van der Waals surface area contributed by atoms with Gasteiger partial charge in [0.05, 0.1) is 27.6 Å². The lowest BCUT2D eigenvalue weighted by atomic mass is 9.98. The molecule has 0 saturated heterocycles. The summed E-state index contributed by atoms with van der Waals surface area (Å²) in [6, 6.07) is 57.2. The summed E-state index contributed by atoms with van der Waals surface area (Å²) in [5, 5.41) is 5.54. The van der Waals surface area contributed by atoms with Gasteiger partial charge in [0.2, 0.25) is 0 Å². The standard InChI is InChI=1S/C44H27N3O/c1-4-12-28(13-5-1)42-35-26-30(20-23-37(35)45-44(46-42)29-14-6-2-7-15-29)31-21-24-38-36(27-31)41-39(47(38)32-16-8-3-9-17-32)25-22-34-33-18-10-11-19-40(33)48-43(34)41/h1-27H. The lowest BCUT2D eigenvalue weighted by Crippen LogP contribution is -1.95. The molecule has 0 aliphatic carbocycles. The minimum atomic E-state index is 0.722. The molecule has 7 aromatic carbocycles. The van der Waals surface area contributed by atoms with Gasteiger partial charge < -0.3 is 8.98 Å². The van der Waals surface area contributed by atoms with Crippen LogP contribution < -0.4 is 0 Å². The minimum absolute atomic E-state index is 0.722. The van der Waals surface area contributed by atoms with Gasteiger partial charge in [-0.05, 0) is 65.7 Å². The van der Waals surface area contributed by atoms with Gasteiger partial charge in [-0.3, -0.25) is 0 Å². The lowest BCUT2D eigenvalue weighted by Gasteiger charge is -2.12. The molecule has 0 unspecified atom stereocenters. The monoisotopic (exact) mass is 613 g/mol. The molecule has 48 heavy (non-hydrogen) atoms. The van der Waals surface area contributed by atoms with E-state index < -0.39 is 0 Å². The summed E-state index contributed by atoms with van der Waals surface area (Å²) < 4.78 is 8.95. The molecule has 4 heteroatoms. The Morgan fingerprint density at radius 2 is 1.08 bits per heavy atom. The molecule has 10 rings (SSSR count). The summed E-state index contributed by atoms with van der Waals surface area (Å²) in [6.45, 7) is 0. The van der Waals surface area contributed by atoms with Crippen molar-refractivity contribution < 1.29 is 4.42 Å². The normalized spacial score (nSPS) is 11.8. The molecular weight excluding hydrogens is 587 g/mol. The van der Waals surface area contributed by atoms with Crippen molar-refractivity contribution in [3.05, 3.63) is 164 Å². The van der Waals surface area contributed by atoms with Crippen LogP contribution in [0.5, 0.6) is 0 Å². The number of aromatic nitrogens is 3. The maximum atomic E-state index is 6.61. The average molecular weight is 614 g/mol. The maximum absolute atomic E-state index is 6.61. The van der Waals surface area contributed by atoms with Crippen molar-refractivity contribution in [1.82, 2.24) is 14.5 Å². The second-order valence-electron chi connectivity index (χ2n) is 12.2. The molecule has 0 spiro atoms. The number of fused-ring (bicyclic) bond motifs is 8. The first-order chi connectivity index (χ1) is 23.8. The topological polar surface area (TPSA) is 43.9 Å². The van der Waals surface area contributed by atoms with E-state index >= 15 is 0 Å². The fraction of sp³-hybridized carbons (Fsp3) is 0. The van der Waals surface area contributed by atoms with E-state index in [1.807, 2.05) is 36.4 Å². The minimum Gasteiger partial charge on any atom is -0.455 e. The van der Waals surface area contributed by atoms with Gasteiger partial charge >= 0.3 is 0 Å². The van der Waals surface area contributed by atoms with Crippen LogP contribution in [0.3, 0.4) is 0 Å². The highest BCUT2D eigenvalue weighted by Crippen LogP contribution is 2.42. The van der Waals surface area contributed by atoms with Crippen molar-refractivity contribution in [2.24, 2.45) is 0 Å². The molecule has 0 N–H and O–H groups in total. The highest BCUT2D eigenvalue weighted by Gasteiger charge is 2.20. The second kappa shape index (κ2) is 10.5. The predicted molar refractivity (Wildman–Crippen MR) is 197 cm³/mol. The maximum Gasteiger partial charge on any atom is 0.160 e. The molecule has 224 valence electrons. The molecule has 0 aliphatic heterocycles. The van der Waals surface area contributed by atoms with Crippen molar-refractivity contribution in [3.63, 3.8) is 0 Å². The highest BCUT2D eigenvalue weighted by atomic mass is 16.3. The van der Waals surface area contributed by atoms with E-state index in [1.165, 1.54) is 0 Å². The summed E-state index contributed by atoms with van der Waals surface area (Å²) in [7, 11) is 0. The summed E-state index contributed by atoms with van der Waals surface area (Å²) in [5.41, 5.74) is 11.3. The zero-order valence-electron chi connectivity index (χ0n) is 25.8. The molecule has 0 atom stereocenters. The zero-order chi connectivity index (χ0) is 31.6. The third kappa shape index (κ3) is 4.10. The van der Waals surface area contributed by atoms with E-state index in [-0.39, 0.29) is 0 Å².